The molecule has 172 valence electrons. The highest BCUT2D eigenvalue weighted by molar-refractivity contribution is 6.19. The van der Waals surface area contributed by atoms with E-state index in [4.69, 9.17) is 9.97 Å². The van der Waals surface area contributed by atoms with E-state index in [9.17, 15) is 0 Å². The molecule has 0 spiro atoms. The van der Waals surface area contributed by atoms with Crippen LogP contribution in [-0.4, -0.2) is 15.0 Å². The van der Waals surface area contributed by atoms with Gasteiger partial charge in [-0.25, -0.2) is 9.97 Å². The van der Waals surface area contributed by atoms with E-state index < -0.39 is 0 Å². The minimum Gasteiger partial charge on any atom is -0.278 e. The van der Waals surface area contributed by atoms with Crippen molar-refractivity contribution in [2.45, 2.75) is 0 Å². The predicted octanol–water partition coefficient (Wildman–Crippen LogP) is 8.45. The zero-order chi connectivity index (χ0) is 24.3. The molecule has 37 heavy (non-hydrogen) atoms. The van der Waals surface area contributed by atoms with Crippen molar-refractivity contribution in [3.63, 3.8) is 0 Å². The van der Waals surface area contributed by atoms with Gasteiger partial charge in [0.15, 0.2) is 0 Å². The number of pyridine rings is 1. The first-order chi connectivity index (χ1) is 18.4. The lowest BCUT2D eigenvalue weighted by Gasteiger charge is -2.33. The fraction of sp³-hybridized carbons (Fsp3) is 0. The van der Waals surface area contributed by atoms with E-state index in [1.54, 1.807) is 6.20 Å². The SMILES string of the molecule is c1cncc(-c2nc(N3c4ccc5ccccc5c4-c4cccc5cccc3c45)nc3ccccc23)c1. The maximum absolute atomic E-state index is 5.21. The first-order valence-corrected chi connectivity index (χ1v) is 12.4. The Balaban J connectivity index is 1.51. The standard InChI is InChI=1S/C33H20N4/c1-2-12-24-21(8-1)17-18-29-31(24)26-14-5-9-22-10-6-16-28(30(22)26)37(29)33-35-27-15-4-3-13-25(27)32(36-33)23-11-7-19-34-20-23/h1-20H. The summed E-state index contributed by atoms with van der Waals surface area (Å²) in [6, 6.07) is 38.2. The fourth-order valence-corrected chi connectivity index (χ4v) is 5.68. The highest BCUT2D eigenvalue weighted by Gasteiger charge is 2.29. The molecule has 0 atom stereocenters. The molecule has 0 amide bonds. The number of para-hydroxylation sites is 1. The molecule has 0 saturated carbocycles. The molecule has 4 nitrogen and oxygen atoms in total. The smallest absolute Gasteiger partial charge is 0.235 e. The van der Waals surface area contributed by atoms with Crippen LogP contribution < -0.4 is 4.90 Å². The zero-order valence-corrected chi connectivity index (χ0v) is 19.8. The monoisotopic (exact) mass is 472 g/mol. The molecule has 5 aromatic carbocycles. The summed E-state index contributed by atoms with van der Waals surface area (Å²) in [4.78, 5) is 16.9. The zero-order valence-electron chi connectivity index (χ0n) is 19.8. The predicted molar refractivity (Wildman–Crippen MR) is 151 cm³/mol. The van der Waals surface area contributed by atoms with Crippen LogP contribution in [0.25, 0.3) is 54.8 Å². The van der Waals surface area contributed by atoms with Crippen molar-refractivity contribution in [3.8, 4) is 22.4 Å². The third-order valence-corrected chi connectivity index (χ3v) is 7.27. The van der Waals surface area contributed by atoms with E-state index in [0.29, 0.717) is 5.95 Å². The van der Waals surface area contributed by atoms with Crippen LogP contribution in [-0.2, 0) is 0 Å². The fourth-order valence-electron chi connectivity index (χ4n) is 5.68. The van der Waals surface area contributed by atoms with E-state index in [0.717, 1.165) is 33.5 Å². The number of aromatic nitrogens is 3. The van der Waals surface area contributed by atoms with Crippen molar-refractivity contribution < 1.29 is 0 Å². The summed E-state index contributed by atoms with van der Waals surface area (Å²) in [5.74, 6) is 0.649. The van der Waals surface area contributed by atoms with Crippen LogP contribution in [0.3, 0.4) is 0 Å². The van der Waals surface area contributed by atoms with Crippen molar-refractivity contribution >= 4 is 49.8 Å². The summed E-state index contributed by atoms with van der Waals surface area (Å²) in [5, 5.41) is 5.86. The minimum absolute atomic E-state index is 0.649. The second-order valence-electron chi connectivity index (χ2n) is 9.33. The molecular formula is C33H20N4. The molecule has 2 aromatic heterocycles. The highest BCUT2D eigenvalue weighted by Crippen LogP contribution is 2.52. The third kappa shape index (κ3) is 2.93. The van der Waals surface area contributed by atoms with Gasteiger partial charge in [-0.15, -0.1) is 0 Å². The van der Waals surface area contributed by atoms with Crippen molar-refractivity contribution in [2.24, 2.45) is 0 Å². The lowest BCUT2D eigenvalue weighted by Crippen LogP contribution is -2.18. The summed E-state index contributed by atoms with van der Waals surface area (Å²) in [5.41, 5.74) is 7.37. The van der Waals surface area contributed by atoms with Crippen molar-refractivity contribution in [3.05, 3.63) is 122 Å². The Hall–Kier alpha value is -5.09. The molecule has 0 radical (unpaired) electrons. The second kappa shape index (κ2) is 7.70. The molecular weight excluding hydrogens is 452 g/mol. The third-order valence-electron chi connectivity index (χ3n) is 7.27. The van der Waals surface area contributed by atoms with Gasteiger partial charge in [0, 0.05) is 34.3 Å². The number of benzene rings is 5. The van der Waals surface area contributed by atoms with Gasteiger partial charge in [0.2, 0.25) is 5.95 Å². The molecule has 1 aliphatic rings. The molecule has 0 aliphatic carbocycles. The van der Waals surface area contributed by atoms with E-state index in [1.165, 1.54) is 32.7 Å². The van der Waals surface area contributed by atoms with Gasteiger partial charge in [0.05, 0.1) is 22.6 Å². The Kier molecular flexibility index (Phi) is 4.19. The Bertz CT molecular complexity index is 1990. The molecule has 0 N–H and O–H groups in total. The lowest BCUT2D eigenvalue weighted by molar-refractivity contribution is 1.11. The number of nitrogens with zero attached hydrogens (tertiary/aromatic N) is 4. The average molecular weight is 473 g/mol. The van der Waals surface area contributed by atoms with Crippen molar-refractivity contribution in [1.82, 2.24) is 15.0 Å². The topological polar surface area (TPSA) is 41.9 Å². The van der Waals surface area contributed by atoms with Gasteiger partial charge in [-0.2, -0.15) is 0 Å². The largest absolute Gasteiger partial charge is 0.278 e. The van der Waals surface area contributed by atoms with Gasteiger partial charge in [0.25, 0.3) is 0 Å². The van der Waals surface area contributed by atoms with Crippen LogP contribution in [0.5, 0.6) is 0 Å². The van der Waals surface area contributed by atoms with Crippen LogP contribution in [0, 0.1) is 0 Å². The highest BCUT2D eigenvalue weighted by atomic mass is 15.3. The number of anilines is 3. The van der Waals surface area contributed by atoms with Crippen LogP contribution in [0.4, 0.5) is 17.3 Å². The second-order valence-corrected chi connectivity index (χ2v) is 9.33. The number of rotatable bonds is 2. The summed E-state index contributed by atoms with van der Waals surface area (Å²) < 4.78 is 0. The van der Waals surface area contributed by atoms with Gasteiger partial charge < -0.3 is 0 Å². The van der Waals surface area contributed by atoms with Gasteiger partial charge in [-0.3, -0.25) is 9.88 Å². The van der Waals surface area contributed by atoms with Gasteiger partial charge in [0.1, 0.15) is 0 Å². The average Bonchev–Trinajstić information content (AvgIpc) is 2.97. The molecule has 1 aliphatic heterocycles. The molecule has 8 rings (SSSR count). The summed E-state index contributed by atoms with van der Waals surface area (Å²) >= 11 is 0. The normalized spacial score (nSPS) is 12.3. The lowest BCUT2D eigenvalue weighted by atomic mass is 9.88. The van der Waals surface area contributed by atoms with E-state index >= 15 is 0 Å². The van der Waals surface area contributed by atoms with Gasteiger partial charge >= 0.3 is 0 Å². The Morgan fingerprint density at radius 3 is 2.27 bits per heavy atom. The molecule has 0 unspecified atom stereocenters. The quantitative estimate of drug-likeness (QED) is 0.253. The Morgan fingerprint density at radius 2 is 1.38 bits per heavy atom. The van der Waals surface area contributed by atoms with E-state index in [-0.39, 0.29) is 0 Å². The van der Waals surface area contributed by atoms with Crippen molar-refractivity contribution in [1.29, 1.82) is 0 Å². The Labute approximate surface area is 213 Å². The minimum atomic E-state index is 0.649. The number of hydrogen-bond donors (Lipinski definition) is 0. The molecule has 0 saturated heterocycles. The summed E-state index contributed by atoms with van der Waals surface area (Å²) in [7, 11) is 0. The van der Waals surface area contributed by atoms with Gasteiger partial charge in [-0.05, 0) is 52.1 Å². The number of fused-ring (bicyclic) bond motifs is 5. The van der Waals surface area contributed by atoms with Crippen molar-refractivity contribution in [2.75, 3.05) is 4.90 Å². The first kappa shape index (κ1) is 20.1. The van der Waals surface area contributed by atoms with Crippen LogP contribution in [0.15, 0.2) is 122 Å². The maximum Gasteiger partial charge on any atom is 0.235 e. The molecule has 7 aromatic rings. The van der Waals surface area contributed by atoms with Crippen LogP contribution >= 0.6 is 0 Å². The molecule has 3 heterocycles. The molecule has 0 bridgehead atoms. The Morgan fingerprint density at radius 1 is 0.568 bits per heavy atom. The number of hydrogen-bond acceptors (Lipinski definition) is 4. The van der Waals surface area contributed by atoms with Gasteiger partial charge in [-0.1, -0.05) is 78.9 Å². The van der Waals surface area contributed by atoms with E-state index in [1.807, 2.05) is 24.4 Å². The van der Waals surface area contributed by atoms with Crippen LogP contribution in [0.2, 0.25) is 0 Å². The molecule has 0 fully saturated rings. The maximum atomic E-state index is 5.21. The van der Waals surface area contributed by atoms with Crippen LogP contribution in [0.1, 0.15) is 0 Å². The summed E-state index contributed by atoms with van der Waals surface area (Å²) in [6.45, 7) is 0. The molecule has 4 heteroatoms. The van der Waals surface area contributed by atoms with E-state index in [2.05, 4.69) is 101 Å². The summed E-state index contributed by atoms with van der Waals surface area (Å²) in [6.07, 6.45) is 3.66. The first-order valence-electron chi connectivity index (χ1n) is 12.4.